The van der Waals surface area contributed by atoms with Crippen molar-refractivity contribution in [1.82, 2.24) is 29.8 Å². The van der Waals surface area contributed by atoms with Crippen LogP contribution in [0.15, 0.2) is 18.7 Å². The molecule has 1 spiro atoms. The van der Waals surface area contributed by atoms with E-state index in [0.717, 1.165) is 81.2 Å². The molecule has 3 fully saturated rings. The van der Waals surface area contributed by atoms with Crippen LogP contribution in [-0.2, 0) is 9.47 Å². The lowest BCUT2D eigenvalue weighted by molar-refractivity contribution is -0.130. The summed E-state index contributed by atoms with van der Waals surface area (Å²) in [7, 11) is 0. The zero-order chi connectivity index (χ0) is 19.3. The highest BCUT2D eigenvalue weighted by Gasteiger charge is 2.45. The lowest BCUT2D eigenvalue weighted by Gasteiger charge is -2.38. The van der Waals surface area contributed by atoms with Crippen LogP contribution in [0.5, 0.6) is 0 Å². The molecule has 0 bridgehead atoms. The van der Waals surface area contributed by atoms with Gasteiger partial charge in [0.25, 0.3) is 0 Å². The first-order chi connectivity index (χ1) is 14.3. The molecular weight excluding hydrogens is 372 g/mol. The van der Waals surface area contributed by atoms with Crippen molar-refractivity contribution in [2.75, 3.05) is 43.1 Å². The first kappa shape index (κ1) is 17.2. The van der Waals surface area contributed by atoms with Crippen LogP contribution in [0.2, 0.25) is 0 Å². The molecule has 0 radical (unpaired) electrons. The molecule has 10 nitrogen and oxygen atoms in total. The molecule has 3 aromatic rings. The Labute approximate surface area is 167 Å². The molecule has 3 aliphatic rings. The van der Waals surface area contributed by atoms with Gasteiger partial charge in [-0.05, 0) is 19.3 Å². The Bertz CT molecular complexity index is 1010. The van der Waals surface area contributed by atoms with Crippen molar-refractivity contribution >= 4 is 17.3 Å². The first-order valence-electron chi connectivity index (χ1n) is 10.3. The Morgan fingerprint density at radius 3 is 2.83 bits per heavy atom. The number of nitrogens with zero attached hydrogens (tertiary/aromatic N) is 6. The Morgan fingerprint density at radius 2 is 2.10 bits per heavy atom. The van der Waals surface area contributed by atoms with Gasteiger partial charge in [0.1, 0.15) is 17.7 Å². The lowest BCUT2D eigenvalue weighted by atomic mass is 9.94. The molecule has 152 valence electrons. The predicted molar refractivity (Wildman–Crippen MR) is 106 cm³/mol. The molecule has 29 heavy (non-hydrogen) atoms. The maximum Gasteiger partial charge on any atom is 0.243 e. The molecule has 0 aliphatic carbocycles. The van der Waals surface area contributed by atoms with Gasteiger partial charge in [0.15, 0.2) is 5.65 Å². The fourth-order valence-electron chi connectivity index (χ4n) is 4.56. The third-order valence-corrected chi connectivity index (χ3v) is 6.29. The first-order valence-corrected chi connectivity index (χ1v) is 10.3. The second-order valence-electron chi connectivity index (χ2n) is 8.12. The molecule has 10 heteroatoms. The van der Waals surface area contributed by atoms with E-state index in [1.807, 2.05) is 6.20 Å². The van der Waals surface area contributed by atoms with Crippen molar-refractivity contribution in [3.63, 3.8) is 0 Å². The zero-order valence-electron chi connectivity index (χ0n) is 16.2. The van der Waals surface area contributed by atoms with E-state index in [2.05, 4.69) is 25.5 Å². The van der Waals surface area contributed by atoms with E-state index >= 15 is 0 Å². The van der Waals surface area contributed by atoms with Gasteiger partial charge in [-0.15, -0.1) is 5.10 Å². The maximum absolute atomic E-state index is 5.93. The fraction of sp³-hybridized carbons (Fsp3) is 0.579. The van der Waals surface area contributed by atoms with E-state index in [9.17, 15) is 0 Å². The van der Waals surface area contributed by atoms with E-state index in [4.69, 9.17) is 19.4 Å². The fourth-order valence-corrected chi connectivity index (χ4v) is 4.56. The standard InChI is InChI=1S/C19H24N8O2/c1-6-28-7-2-14(1)23-18-24-17-16(26-5-3-19(11-26)4-8-29-19)15(13-9-21-22-10-13)20-12-27(17)25-18/h9-10,12,14H,1-8,11H2,(H,21,22)(H,23,25)/t19-/m0/s1. The van der Waals surface area contributed by atoms with Crippen molar-refractivity contribution in [3.8, 4) is 11.3 Å². The summed E-state index contributed by atoms with van der Waals surface area (Å²) in [5, 5.41) is 15.1. The molecule has 0 amide bonds. The number of fused-ring (bicyclic) bond motifs is 1. The zero-order valence-corrected chi connectivity index (χ0v) is 16.2. The second kappa shape index (κ2) is 6.67. The SMILES string of the molecule is c1n[nH]cc1-c1ncn2nc(NC3CCOCC3)nc2c1N1CC[C@]2(CCO2)C1. The molecule has 3 saturated heterocycles. The molecule has 6 rings (SSSR count). The van der Waals surface area contributed by atoms with Gasteiger partial charge in [-0.3, -0.25) is 5.10 Å². The van der Waals surface area contributed by atoms with Gasteiger partial charge >= 0.3 is 0 Å². The van der Waals surface area contributed by atoms with Crippen LogP contribution >= 0.6 is 0 Å². The summed E-state index contributed by atoms with van der Waals surface area (Å²) in [4.78, 5) is 11.9. The third kappa shape index (κ3) is 2.94. The van der Waals surface area contributed by atoms with Gasteiger partial charge in [0, 0.05) is 50.5 Å². The summed E-state index contributed by atoms with van der Waals surface area (Å²) in [5.41, 5.74) is 3.60. The van der Waals surface area contributed by atoms with Crippen LogP contribution < -0.4 is 10.2 Å². The minimum atomic E-state index is -0.0102. The molecule has 3 aromatic heterocycles. The minimum Gasteiger partial charge on any atom is -0.381 e. The molecule has 0 aromatic carbocycles. The summed E-state index contributed by atoms with van der Waals surface area (Å²) in [5.74, 6) is 0.637. The quantitative estimate of drug-likeness (QED) is 0.683. The normalized spacial score (nSPS) is 25.0. The number of hydrogen-bond acceptors (Lipinski definition) is 8. The van der Waals surface area contributed by atoms with Gasteiger partial charge in [-0.2, -0.15) is 14.6 Å². The number of anilines is 2. The van der Waals surface area contributed by atoms with Crippen molar-refractivity contribution in [3.05, 3.63) is 18.7 Å². The highest BCUT2D eigenvalue weighted by atomic mass is 16.5. The van der Waals surface area contributed by atoms with Gasteiger partial charge in [-0.25, -0.2) is 4.98 Å². The van der Waals surface area contributed by atoms with Crippen molar-refractivity contribution in [2.24, 2.45) is 0 Å². The van der Waals surface area contributed by atoms with Gasteiger partial charge in [0.05, 0.1) is 18.4 Å². The largest absolute Gasteiger partial charge is 0.381 e. The highest BCUT2D eigenvalue weighted by molar-refractivity contribution is 5.85. The summed E-state index contributed by atoms with van der Waals surface area (Å²) in [6.07, 6.45) is 9.47. The van der Waals surface area contributed by atoms with Crippen LogP contribution in [0, 0.1) is 0 Å². The van der Waals surface area contributed by atoms with Crippen molar-refractivity contribution < 1.29 is 9.47 Å². The molecular formula is C19H24N8O2. The topological polar surface area (TPSA) is 105 Å². The number of H-pyrrole nitrogens is 1. The summed E-state index contributed by atoms with van der Waals surface area (Å²) < 4.78 is 13.2. The second-order valence-corrected chi connectivity index (χ2v) is 8.12. The number of aromatic nitrogens is 6. The van der Waals surface area contributed by atoms with Crippen LogP contribution in [0.4, 0.5) is 11.6 Å². The van der Waals surface area contributed by atoms with E-state index in [-0.39, 0.29) is 5.60 Å². The molecule has 0 unspecified atom stereocenters. The Morgan fingerprint density at radius 1 is 1.21 bits per heavy atom. The van der Waals surface area contributed by atoms with Gasteiger partial charge in [-0.1, -0.05) is 0 Å². The van der Waals surface area contributed by atoms with E-state index < -0.39 is 0 Å². The number of aromatic amines is 1. The van der Waals surface area contributed by atoms with Crippen molar-refractivity contribution in [2.45, 2.75) is 37.3 Å². The average molecular weight is 396 g/mol. The highest BCUT2D eigenvalue weighted by Crippen LogP contribution is 2.41. The van der Waals surface area contributed by atoms with Crippen molar-refractivity contribution in [1.29, 1.82) is 0 Å². The van der Waals surface area contributed by atoms with Crippen LogP contribution in [0.3, 0.4) is 0 Å². The van der Waals surface area contributed by atoms with Crippen LogP contribution in [0.1, 0.15) is 25.7 Å². The van der Waals surface area contributed by atoms with E-state index in [0.29, 0.717) is 12.0 Å². The minimum absolute atomic E-state index is 0.0102. The number of rotatable bonds is 4. The number of nitrogens with one attached hydrogen (secondary N) is 2. The smallest absolute Gasteiger partial charge is 0.243 e. The molecule has 2 N–H and O–H groups in total. The van der Waals surface area contributed by atoms with Gasteiger partial charge in [0.2, 0.25) is 5.95 Å². The molecule has 0 saturated carbocycles. The number of ether oxygens (including phenoxy) is 2. The summed E-state index contributed by atoms with van der Waals surface area (Å²) >= 11 is 0. The monoisotopic (exact) mass is 396 g/mol. The average Bonchev–Trinajstić information content (AvgIpc) is 3.46. The van der Waals surface area contributed by atoms with Crippen LogP contribution in [-0.4, -0.2) is 74.3 Å². The lowest BCUT2D eigenvalue weighted by Crippen LogP contribution is -2.46. The molecule has 6 heterocycles. The number of hydrogen-bond donors (Lipinski definition) is 2. The summed E-state index contributed by atoms with van der Waals surface area (Å²) in [6.45, 7) is 4.18. The van der Waals surface area contributed by atoms with E-state index in [1.54, 1.807) is 17.0 Å². The Hall–Kier alpha value is -2.72. The van der Waals surface area contributed by atoms with Gasteiger partial charge < -0.3 is 19.7 Å². The molecule has 1 atom stereocenters. The van der Waals surface area contributed by atoms with Crippen LogP contribution in [0.25, 0.3) is 16.9 Å². The Balaban J connectivity index is 1.40. The predicted octanol–water partition coefficient (Wildman–Crippen LogP) is 1.47. The van der Waals surface area contributed by atoms with E-state index in [1.165, 1.54) is 0 Å². The Kier molecular flexibility index (Phi) is 3.95. The maximum atomic E-state index is 5.93. The summed E-state index contributed by atoms with van der Waals surface area (Å²) in [6, 6.07) is 0.337. The third-order valence-electron chi connectivity index (χ3n) is 6.29. The molecule has 3 aliphatic heterocycles.